The maximum atomic E-state index is 6.31. The van der Waals surface area contributed by atoms with E-state index in [9.17, 15) is 0 Å². The normalized spacial score (nSPS) is 12.7. The minimum atomic E-state index is 0.100. The van der Waals surface area contributed by atoms with Crippen molar-refractivity contribution in [3.05, 3.63) is 53.6 Å². The number of thiophene rings is 1. The Morgan fingerprint density at radius 1 is 1.28 bits per heavy atom. The molecule has 1 heterocycles. The molecular weight excluding hydrogens is 397 g/mol. The van der Waals surface area contributed by atoms with Crippen LogP contribution in [0.4, 0.5) is 0 Å². The molecule has 0 fully saturated rings. The van der Waals surface area contributed by atoms with E-state index in [4.69, 9.17) is 11.6 Å². The van der Waals surface area contributed by atoms with Crippen molar-refractivity contribution in [3.63, 3.8) is 0 Å². The molecule has 96 valence electrons. The van der Waals surface area contributed by atoms with Gasteiger partial charge < -0.3 is 5.32 Å². The molecule has 1 N–H and O–H groups in total. The standard InChI is InChI=1S/C13H12Br2ClNS/c1-7-5-10(15)13(18-7)12(17-2)9-6-8(14)3-4-11(9)16/h3-6,12,17H,1-2H3. The third kappa shape index (κ3) is 2.99. The number of hydrogen-bond acceptors (Lipinski definition) is 2. The van der Waals surface area contributed by atoms with Gasteiger partial charge in [0.1, 0.15) is 0 Å². The van der Waals surface area contributed by atoms with E-state index in [2.05, 4.69) is 56.2 Å². The van der Waals surface area contributed by atoms with Crippen LogP contribution < -0.4 is 5.32 Å². The van der Waals surface area contributed by atoms with Gasteiger partial charge in [0, 0.05) is 23.7 Å². The van der Waals surface area contributed by atoms with Crippen molar-refractivity contribution in [1.82, 2.24) is 5.32 Å². The fourth-order valence-electron chi connectivity index (χ4n) is 1.86. The molecule has 0 aliphatic carbocycles. The highest BCUT2D eigenvalue weighted by Gasteiger charge is 2.20. The van der Waals surface area contributed by atoms with E-state index in [1.54, 1.807) is 11.3 Å². The summed E-state index contributed by atoms with van der Waals surface area (Å²) in [6.07, 6.45) is 0. The summed E-state index contributed by atoms with van der Waals surface area (Å²) in [5.41, 5.74) is 1.08. The maximum absolute atomic E-state index is 6.31. The quantitative estimate of drug-likeness (QED) is 0.701. The molecule has 1 atom stereocenters. The van der Waals surface area contributed by atoms with Crippen molar-refractivity contribution >= 4 is 54.8 Å². The van der Waals surface area contributed by atoms with Crippen molar-refractivity contribution in [2.45, 2.75) is 13.0 Å². The van der Waals surface area contributed by atoms with Gasteiger partial charge in [0.05, 0.1) is 6.04 Å². The molecule has 0 saturated carbocycles. The summed E-state index contributed by atoms with van der Waals surface area (Å²) >= 11 is 15.2. The molecule has 0 radical (unpaired) electrons. The van der Waals surface area contributed by atoms with Crippen molar-refractivity contribution in [1.29, 1.82) is 0 Å². The van der Waals surface area contributed by atoms with E-state index in [1.165, 1.54) is 9.75 Å². The number of halogens is 3. The number of benzene rings is 1. The lowest BCUT2D eigenvalue weighted by molar-refractivity contribution is 0.701. The molecule has 1 aromatic heterocycles. The van der Waals surface area contributed by atoms with Gasteiger partial charge in [-0.15, -0.1) is 11.3 Å². The van der Waals surface area contributed by atoms with E-state index < -0.39 is 0 Å². The van der Waals surface area contributed by atoms with Gasteiger partial charge >= 0.3 is 0 Å². The lowest BCUT2D eigenvalue weighted by Gasteiger charge is -2.17. The van der Waals surface area contributed by atoms with Gasteiger partial charge in [0.15, 0.2) is 0 Å². The average Bonchev–Trinajstić information content (AvgIpc) is 2.64. The Morgan fingerprint density at radius 2 is 2.00 bits per heavy atom. The second-order valence-corrected chi connectivity index (χ2v) is 7.42. The third-order valence-corrected chi connectivity index (χ3v) is 5.53. The van der Waals surface area contributed by atoms with Gasteiger partial charge in [0.2, 0.25) is 0 Å². The van der Waals surface area contributed by atoms with Crippen LogP contribution in [-0.2, 0) is 0 Å². The Kier molecular flexibility index (Phi) is 4.89. The molecule has 0 amide bonds. The highest BCUT2D eigenvalue weighted by atomic mass is 79.9. The van der Waals surface area contributed by atoms with E-state index in [0.29, 0.717) is 0 Å². The second-order valence-electron chi connectivity index (χ2n) is 3.96. The van der Waals surface area contributed by atoms with Crippen LogP contribution in [0.15, 0.2) is 33.2 Å². The molecule has 0 aliphatic rings. The molecule has 0 saturated heterocycles. The van der Waals surface area contributed by atoms with Gasteiger partial charge in [-0.3, -0.25) is 0 Å². The summed E-state index contributed by atoms with van der Waals surface area (Å²) in [4.78, 5) is 2.53. The second kappa shape index (κ2) is 6.06. The summed E-state index contributed by atoms with van der Waals surface area (Å²) in [5.74, 6) is 0. The van der Waals surface area contributed by atoms with Gasteiger partial charge in [-0.1, -0.05) is 27.5 Å². The highest BCUT2D eigenvalue weighted by molar-refractivity contribution is 9.10. The number of rotatable bonds is 3. The highest BCUT2D eigenvalue weighted by Crippen LogP contribution is 2.38. The van der Waals surface area contributed by atoms with E-state index in [0.717, 1.165) is 19.5 Å². The molecule has 1 aromatic carbocycles. The minimum absolute atomic E-state index is 0.100. The van der Waals surface area contributed by atoms with Crippen LogP contribution >= 0.6 is 54.8 Å². The first-order valence-corrected chi connectivity index (χ1v) is 8.19. The molecule has 1 unspecified atom stereocenters. The zero-order valence-electron chi connectivity index (χ0n) is 9.93. The Labute approximate surface area is 133 Å². The van der Waals surface area contributed by atoms with Crippen LogP contribution in [0.5, 0.6) is 0 Å². The number of aryl methyl sites for hydroxylation is 1. The van der Waals surface area contributed by atoms with Gasteiger partial charge in [-0.2, -0.15) is 0 Å². The molecule has 2 aromatic rings. The molecule has 0 aliphatic heterocycles. The summed E-state index contributed by atoms with van der Waals surface area (Å²) in [7, 11) is 1.95. The predicted octanol–water partition coefficient (Wildman–Crippen LogP) is 5.54. The number of hydrogen-bond donors (Lipinski definition) is 1. The summed E-state index contributed by atoms with van der Waals surface area (Å²) in [6, 6.07) is 8.16. The maximum Gasteiger partial charge on any atom is 0.0695 e. The SMILES string of the molecule is CNC(c1cc(Br)ccc1Cl)c1sc(C)cc1Br. The Hall–Kier alpha value is 0.130. The average molecular weight is 410 g/mol. The molecule has 1 nitrogen and oxygen atoms in total. The lowest BCUT2D eigenvalue weighted by Crippen LogP contribution is -2.17. The van der Waals surface area contributed by atoms with E-state index in [1.807, 2.05) is 19.2 Å². The van der Waals surface area contributed by atoms with E-state index >= 15 is 0 Å². The molecule has 2 rings (SSSR count). The third-order valence-electron chi connectivity index (χ3n) is 2.66. The first kappa shape index (κ1) is 14.5. The first-order valence-electron chi connectivity index (χ1n) is 5.41. The summed E-state index contributed by atoms with van der Waals surface area (Å²) < 4.78 is 2.16. The van der Waals surface area contributed by atoms with E-state index in [-0.39, 0.29) is 6.04 Å². The van der Waals surface area contributed by atoms with Crippen LogP contribution in [-0.4, -0.2) is 7.05 Å². The molecule has 0 spiro atoms. The minimum Gasteiger partial charge on any atom is -0.309 e. The van der Waals surface area contributed by atoms with Crippen molar-refractivity contribution < 1.29 is 0 Å². The fourth-order valence-corrected chi connectivity index (χ4v) is 4.48. The van der Waals surface area contributed by atoms with Gasteiger partial charge in [-0.25, -0.2) is 0 Å². The van der Waals surface area contributed by atoms with Gasteiger partial charge in [0.25, 0.3) is 0 Å². The zero-order valence-corrected chi connectivity index (χ0v) is 14.7. The first-order chi connectivity index (χ1) is 8.52. The largest absolute Gasteiger partial charge is 0.309 e. The van der Waals surface area contributed by atoms with Crippen LogP contribution in [0.25, 0.3) is 0 Å². The fraction of sp³-hybridized carbons (Fsp3) is 0.231. The Bertz CT molecular complexity index is 568. The van der Waals surface area contributed by atoms with Crippen molar-refractivity contribution in [2.75, 3.05) is 7.05 Å². The lowest BCUT2D eigenvalue weighted by atomic mass is 10.1. The summed E-state index contributed by atoms with van der Waals surface area (Å²) in [5, 5.41) is 4.11. The summed E-state index contributed by atoms with van der Waals surface area (Å²) in [6.45, 7) is 2.11. The Balaban J connectivity index is 2.51. The predicted molar refractivity (Wildman–Crippen MR) is 86.8 cm³/mol. The topological polar surface area (TPSA) is 12.0 Å². The molecule has 5 heteroatoms. The van der Waals surface area contributed by atoms with Crippen LogP contribution in [0.1, 0.15) is 21.4 Å². The monoisotopic (exact) mass is 407 g/mol. The number of nitrogens with one attached hydrogen (secondary N) is 1. The van der Waals surface area contributed by atoms with Crippen molar-refractivity contribution in [2.24, 2.45) is 0 Å². The molecule has 0 bridgehead atoms. The van der Waals surface area contributed by atoms with Crippen LogP contribution in [0.3, 0.4) is 0 Å². The van der Waals surface area contributed by atoms with Crippen LogP contribution in [0, 0.1) is 6.92 Å². The Morgan fingerprint density at radius 3 is 2.56 bits per heavy atom. The molecular formula is C13H12Br2ClNS. The molecule has 18 heavy (non-hydrogen) atoms. The zero-order chi connectivity index (χ0) is 13.3. The van der Waals surface area contributed by atoms with Crippen molar-refractivity contribution in [3.8, 4) is 0 Å². The smallest absolute Gasteiger partial charge is 0.0695 e. The van der Waals surface area contributed by atoms with Gasteiger partial charge in [-0.05, 0) is 59.7 Å². The van der Waals surface area contributed by atoms with Crippen LogP contribution in [0.2, 0.25) is 5.02 Å².